The molecule has 0 amide bonds. The van der Waals surface area contributed by atoms with E-state index in [0.29, 0.717) is 6.61 Å². The van der Waals surface area contributed by atoms with E-state index in [1.54, 1.807) is 7.05 Å². The van der Waals surface area contributed by atoms with E-state index >= 15 is 0 Å². The zero-order chi connectivity index (χ0) is 16.9. The molecule has 0 fully saturated rings. The molecule has 1 rings (SSSR count). The van der Waals surface area contributed by atoms with Crippen molar-refractivity contribution in [3.8, 4) is 0 Å². The van der Waals surface area contributed by atoms with E-state index in [1.165, 1.54) is 11.1 Å². The zero-order valence-corrected chi connectivity index (χ0v) is 15.1. The second-order valence-electron chi connectivity index (χ2n) is 5.33. The fourth-order valence-electron chi connectivity index (χ4n) is 2.26. The molecule has 0 atom stereocenters. The molecule has 0 spiro atoms. The normalized spacial score (nSPS) is 11.8. The lowest BCUT2D eigenvalue weighted by Crippen LogP contribution is -2.38. The van der Waals surface area contributed by atoms with Crippen molar-refractivity contribution in [1.82, 2.24) is 15.5 Å². The Morgan fingerprint density at radius 2 is 1.70 bits per heavy atom. The van der Waals surface area contributed by atoms with E-state index in [0.717, 1.165) is 45.3 Å². The van der Waals surface area contributed by atoms with Crippen LogP contribution in [-0.4, -0.2) is 50.8 Å². The summed E-state index contributed by atoms with van der Waals surface area (Å²) in [5.41, 5.74) is 2.61. The standard InChI is InChI=1S/C18H32N4O/c1-5-22(6-2)15-17-10-8-16(9-11-17)14-21-18(19-4)20-12-13-23-7-3/h8-11H,5-7,12-15H2,1-4H3,(H2,19,20,21). The third-order valence-electron chi connectivity index (χ3n) is 3.75. The van der Waals surface area contributed by atoms with Crippen LogP contribution in [0.25, 0.3) is 0 Å². The molecule has 0 saturated heterocycles. The molecule has 0 aliphatic rings. The summed E-state index contributed by atoms with van der Waals surface area (Å²) in [6.07, 6.45) is 0. The summed E-state index contributed by atoms with van der Waals surface area (Å²) in [5.74, 6) is 0.803. The molecular weight excluding hydrogens is 288 g/mol. The van der Waals surface area contributed by atoms with Crippen LogP contribution >= 0.6 is 0 Å². The highest BCUT2D eigenvalue weighted by molar-refractivity contribution is 5.79. The SMILES string of the molecule is CCOCCNC(=NC)NCc1ccc(CN(CC)CC)cc1. The molecule has 1 aromatic carbocycles. The number of rotatable bonds is 10. The Hall–Kier alpha value is -1.59. The van der Waals surface area contributed by atoms with E-state index in [9.17, 15) is 0 Å². The number of hydrogen-bond acceptors (Lipinski definition) is 3. The lowest BCUT2D eigenvalue weighted by molar-refractivity contribution is 0.152. The van der Waals surface area contributed by atoms with Crippen molar-refractivity contribution in [3.05, 3.63) is 35.4 Å². The zero-order valence-electron chi connectivity index (χ0n) is 15.1. The van der Waals surface area contributed by atoms with Crippen LogP contribution in [0.4, 0.5) is 0 Å². The van der Waals surface area contributed by atoms with Gasteiger partial charge in [0.2, 0.25) is 0 Å². The maximum atomic E-state index is 5.31. The molecule has 130 valence electrons. The molecule has 0 unspecified atom stereocenters. The Bertz CT molecular complexity index is 441. The van der Waals surface area contributed by atoms with Crippen LogP contribution in [0.15, 0.2) is 29.3 Å². The first-order chi connectivity index (χ1) is 11.2. The molecule has 5 nitrogen and oxygen atoms in total. The molecule has 0 saturated carbocycles. The van der Waals surface area contributed by atoms with Crippen LogP contribution in [0.3, 0.4) is 0 Å². The van der Waals surface area contributed by atoms with Gasteiger partial charge in [0, 0.05) is 33.3 Å². The highest BCUT2D eigenvalue weighted by Gasteiger charge is 2.02. The lowest BCUT2D eigenvalue weighted by Gasteiger charge is -2.18. The third-order valence-corrected chi connectivity index (χ3v) is 3.75. The highest BCUT2D eigenvalue weighted by atomic mass is 16.5. The topological polar surface area (TPSA) is 48.9 Å². The lowest BCUT2D eigenvalue weighted by atomic mass is 10.1. The van der Waals surface area contributed by atoms with E-state index in [-0.39, 0.29) is 0 Å². The number of nitrogens with zero attached hydrogens (tertiary/aromatic N) is 2. The molecule has 0 aromatic heterocycles. The minimum Gasteiger partial charge on any atom is -0.380 e. The highest BCUT2D eigenvalue weighted by Crippen LogP contribution is 2.07. The van der Waals surface area contributed by atoms with Crippen LogP contribution in [0, 0.1) is 0 Å². The fraction of sp³-hybridized carbons (Fsp3) is 0.611. The second-order valence-corrected chi connectivity index (χ2v) is 5.33. The van der Waals surface area contributed by atoms with Crippen molar-refractivity contribution in [2.75, 3.05) is 39.9 Å². The van der Waals surface area contributed by atoms with Crippen LogP contribution in [0.5, 0.6) is 0 Å². The average Bonchev–Trinajstić information content (AvgIpc) is 2.60. The van der Waals surface area contributed by atoms with Gasteiger partial charge in [0.05, 0.1) is 6.61 Å². The molecule has 2 N–H and O–H groups in total. The van der Waals surface area contributed by atoms with Gasteiger partial charge in [0.25, 0.3) is 0 Å². The van der Waals surface area contributed by atoms with Crippen molar-refractivity contribution in [2.45, 2.75) is 33.9 Å². The van der Waals surface area contributed by atoms with Crippen molar-refractivity contribution in [1.29, 1.82) is 0 Å². The van der Waals surface area contributed by atoms with Crippen molar-refractivity contribution in [3.63, 3.8) is 0 Å². The maximum absolute atomic E-state index is 5.31. The van der Waals surface area contributed by atoms with Gasteiger partial charge in [-0.3, -0.25) is 9.89 Å². The number of benzene rings is 1. The molecule has 0 aliphatic heterocycles. The molecule has 5 heteroatoms. The summed E-state index contributed by atoms with van der Waals surface area (Å²) < 4.78 is 5.31. The Morgan fingerprint density at radius 3 is 2.26 bits per heavy atom. The second kappa shape index (κ2) is 11.9. The van der Waals surface area contributed by atoms with Gasteiger partial charge in [-0.25, -0.2) is 0 Å². The summed E-state index contributed by atoms with van der Waals surface area (Å²) in [6.45, 7) is 12.5. The minimum absolute atomic E-state index is 0.692. The molecule has 0 heterocycles. The first-order valence-corrected chi connectivity index (χ1v) is 8.55. The van der Waals surface area contributed by atoms with Crippen LogP contribution in [0.2, 0.25) is 0 Å². The average molecular weight is 320 g/mol. The largest absolute Gasteiger partial charge is 0.380 e. The first-order valence-electron chi connectivity index (χ1n) is 8.55. The van der Waals surface area contributed by atoms with Gasteiger partial charge < -0.3 is 15.4 Å². The Kier molecular flexibility index (Phi) is 10.1. The van der Waals surface area contributed by atoms with Gasteiger partial charge in [-0.1, -0.05) is 38.1 Å². The van der Waals surface area contributed by atoms with E-state index in [2.05, 4.69) is 58.6 Å². The van der Waals surface area contributed by atoms with Crippen molar-refractivity contribution < 1.29 is 4.74 Å². The van der Waals surface area contributed by atoms with Crippen LogP contribution in [0.1, 0.15) is 31.9 Å². The summed E-state index contributed by atoms with van der Waals surface area (Å²) in [7, 11) is 1.78. The van der Waals surface area contributed by atoms with Crippen LogP contribution < -0.4 is 10.6 Å². The van der Waals surface area contributed by atoms with Gasteiger partial charge >= 0.3 is 0 Å². The Balaban J connectivity index is 2.39. The predicted octanol–water partition coefficient (Wildman–Crippen LogP) is 2.23. The van der Waals surface area contributed by atoms with Gasteiger partial charge in [-0.2, -0.15) is 0 Å². The quantitative estimate of drug-likeness (QED) is 0.394. The molecule has 1 aromatic rings. The van der Waals surface area contributed by atoms with E-state index < -0.39 is 0 Å². The Labute approximate surface area is 141 Å². The van der Waals surface area contributed by atoms with Gasteiger partial charge in [-0.05, 0) is 31.1 Å². The number of aliphatic imine (C=N–C) groups is 1. The van der Waals surface area contributed by atoms with Crippen LogP contribution in [-0.2, 0) is 17.8 Å². The summed E-state index contributed by atoms with van der Waals surface area (Å²) in [6, 6.07) is 8.78. The minimum atomic E-state index is 0.692. The summed E-state index contributed by atoms with van der Waals surface area (Å²) in [4.78, 5) is 6.63. The van der Waals surface area contributed by atoms with Gasteiger partial charge in [-0.15, -0.1) is 0 Å². The number of hydrogen-bond donors (Lipinski definition) is 2. The molecular formula is C18H32N4O. The Morgan fingerprint density at radius 1 is 1.04 bits per heavy atom. The number of guanidine groups is 1. The fourth-order valence-corrected chi connectivity index (χ4v) is 2.26. The molecule has 0 radical (unpaired) electrons. The number of ether oxygens (including phenoxy) is 1. The first kappa shape index (κ1) is 19.5. The predicted molar refractivity (Wildman–Crippen MR) is 97.8 cm³/mol. The van der Waals surface area contributed by atoms with Crippen molar-refractivity contribution >= 4 is 5.96 Å². The van der Waals surface area contributed by atoms with Gasteiger partial charge in [0.1, 0.15) is 0 Å². The van der Waals surface area contributed by atoms with E-state index in [1.807, 2.05) is 6.92 Å². The van der Waals surface area contributed by atoms with E-state index in [4.69, 9.17) is 4.74 Å². The maximum Gasteiger partial charge on any atom is 0.191 e. The summed E-state index contributed by atoms with van der Waals surface area (Å²) in [5, 5.41) is 6.55. The monoisotopic (exact) mass is 320 g/mol. The number of nitrogens with one attached hydrogen (secondary N) is 2. The molecule has 0 aliphatic carbocycles. The third kappa shape index (κ3) is 8.00. The molecule has 23 heavy (non-hydrogen) atoms. The molecule has 0 bridgehead atoms. The summed E-state index contributed by atoms with van der Waals surface area (Å²) >= 11 is 0. The van der Waals surface area contributed by atoms with Crippen molar-refractivity contribution in [2.24, 2.45) is 4.99 Å². The van der Waals surface area contributed by atoms with Gasteiger partial charge in [0.15, 0.2) is 5.96 Å². The smallest absolute Gasteiger partial charge is 0.191 e.